The highest BCUT2D eigenvalue weighted by Gasteiger charge is 2.13. The van der Waals surface area contributed by atoms with Crippen molar-refractivity contribution in [1.82, 2.24) is 0 Å². The van der Waals surface area contributed by atoms with Crippen LogP contribution < -0.4 is 15.2 Å². The summed E-state index contributed by atoms with van der Waals surface area (Å²) in [6, 6.07) is 15.9. The summed E-state index contributed by atoms with van der Waals surface area (Å²) in [6.07, 6.45) is 3.07. The quantitative estimate of drug-likeness (QED) is 0.495. The fourth-order valence-electron chi connectivity index (χ4n) is 2.51. The van der Waals surface area contributed by atoms with Gasteiger partial charge >= 0.3 is 0 Å². The molecule has 0 unspecified atom stereocenters. The monoisotopic (exact) mass is 492 g/mol. The van der Waals surface area contributed by atoms with Crippen molar-refractivity contribution >= 4 is 55.0 Å². The number of sulfonamides is 1. The number of methoxy groups -OCH3 is 1. The van der Waals surface area contributed by atoms with Gasteiger partial charge in [0.1, 0.15) is 5.75 Å². The fourth-order valence-corrected chi connectivity index (χ4v) is 4.23. The number of nitrogens with one attached hydrogen (secondary N) is 1. The highest BCUT2D eigenvalue weighted by atomic mass is 79.9. The van der Waals surface area contributed by atoms with E-state index in [1.807, 2.05) is 36.4 Å². The maximum atomic E-state index is 12.3. The van der Waals surface area contributed by atoms with Gasteiger partial charge in [0, 0.05) is 20.3 Å². The molecule has 0 saturated heterocycles. The first kappa shape index (κ1) is 21.3. The zero-order chi connectivity index (χ0) is 21.0. The van der Waals surface area contributed by atoms with Gasteiger partial charge < -0.3 is 10.1 Å². The Hall–Kier alpha value is -2.46. The van der Waals surface area contributed by atoms with Crippen LogP contribution >= 0.6 is 27.3 Å². The van der Waals surface area contributed by atoms with Crippen molar-refractivity contribution in [3.8, 4) is 16.2 Å². The second-order valence-corrected chi connectivity index (χ2v) is 9.53. The lowest BCUT2D eigenvalue weighted by molar-refractivity contribution is -0.111. The number of rotatable bonds is 6. The van der Waals surface area contributed by atoms with Crippen molar-refractivity contribution in [1.29, 1.82) is 0 Å². The maximum Gasteiger partial charge on any atom is 0.248 e. The van der Waals surface area contributed by atoms with Crippen molar-refractivity contribution in [2.75, 3.05) is 12.4 Å². The number of hydrogen-bond donors (Lipinski definition) is 2. The van der Waals surface area contributed by atoms with Gasteiger partial charge in [0.2, 0.25) is 15.9 Å². The molecule has 0 aliphatic carbocycles. The third kappa shape index (κ3) is 5.54. The van der Waals surface area contributed by atoms with Crippen LogP contribution in [0.1, 0.15) is 4.88 Å². The van der Waals surface area contributed by atoms with E-state index in [9.17, 15) is 13.2 Å². The number of benzene rings is 2. The molecule has 1 amide bonds. The summed E-state index contributed by atoms with van der Waals surface area (Å²) in [7, 11) is -2.47. The Bertz CT molecular complexity index is 1170. The largest absolute Gasteiger partial charge is 0.495 e. The number of carbonyl (C=O) groups excluding carboxylic acids is 1. The van der Waals surface area contributed by atoms with Crippen LogP contribution in [0.25, 0.3) is 16.5 Å². The number of primary sulfonamides is 1. The smallest absolute Gasteiger partial charge is 0.248 e. The maximum absolute atomic E-state index is 12.3. The molecule has 0 bridgehead atoms. The van der Waals surface area contributed by atoms with E-state index in [-0.39, 0.29) is 10.6 Å². The summed E-state index contributed by atoms with van der Waals surface area (Å²) in [5.74, 6) is -0.0961. The number of thiophene rings is 1. The number of amides is 1. The molecule has 1 heterocycles. The minimum absolute atomic E-state index is 0.116. The third-order valence-electron chi connectivity index (χ3n) is 3.91. The van der Waals surface area contributed by atoms with Crippen LogP contribution in [0.5, 0.6) is 5.75 Å². The second-order valence-electron chi connectivity index (χ2n) is 5.94. The lowest BCUT2D eigenvalue weighted by Gasteiger charge is -2.10. The highest BCUT2D eigenvalue weighted by Crippen LogP contribution is 2.30. The predicted molar refractivity (Wildman–Crippen MR) is 119 cm³/mol. The summed E-state index contributed by atoms with van der Waals surface area (Å²) in [6.45, 7) is 0. The Morgan fingerprint density at radius 3 is 2.52 bits per heavy atom. The standard InChI is InChI=1S/C20H17BrN2O4S2/c1-27-18-9-8-16(29(22,25)26)12-17(18)23-20(24)11-7-15-6-10-19(28-15)13-2-4-14(21)5-3-13/h2-12H,1H3,(H,23,24)(H2,22,25,26)/b11-7+. The first-order chi connectivity index (χ1) is 13.8. The van der Waals surface area contributed by atoms with Gasteiger partial charge in [-0.2, -0.15) is 0 Å². The second kappa shape index (κ2) is 8.91. The molecule has 0 atom stereocenters. The van der Waals surface area contributed by atoms with Crippen LogP contribution in [-0.4, -0.2) is 21.4 Å². The molecular weight excluding hydrogens is 476 g/mol. The Morgan fingerprint density at radius 2 is 1.86 bits per heavy atom. The molecule has 0 spiro atoms. The van der Waals surface area contributed by atoms with E-state index >= 15 is 0 Å². The molecule has 2 aromatic carbocycles. The van der Waals surface area contributed by atoms with Crippen molar-refractivity contribution in [2.24, 2.45) is 5.14 Å². The molecule has 29 heavy (non-hydrogen) atoms. The van der Waals surface area contributed by atoms with Gasteiger partial charge in [0.15, 0.2) is 0 Å². The molecule has 9 heteroatoms. The van der Waals surface area contributed by atoms with Crippen LogP contribution in [0.2, 0.25) is 0 Å². The van der Waals surface area contributed by atoms with Gasteiger partial charge in [-0.1, -0.05) is 28.1 Å². The van der Waals surface area contributed by atoms with Crippen molar-refractivity contribution in [3.63, 3.8) is 0 Å². The normalized spacial score (nSPS) is 11.6. The molecule has 0 fully saturated rings. The summed E-state index contributed by atoms with van der Waals surface area (Å²) >= 11 is 4.97. The SMILES string of the molecule is COc1ccc(S(N)(=O)=O)cc1NC(=O)/C=C/c1ccc(-c2ccc(Br)cc2)s1. The molecule has 6 nitrogen and oxygen atoms in total. The molecule has 3 N–H and O–H groups in total. The summed E-state index contributed by atoms with van der Waals surface area (Å²) < 4.78 is 29.2. The molecule has 0 aliphatic rings. The third-order valence-corrected chi connectivity index (χ3v) is 6.45. The van der Waals surface area contributed by atoms with E-state index in [0.29, 0.717) is 5.75 Å². The van der Waals surface area contributed by atoms with Gasteiger partial charge in [-0.3, -0.25) is 4.79 Å². The molecule has 3 aromatic rings. The summed E-state index contributed by atoms with van der Waals surface area (Å²) in [5, 5.41) is 7.76. The van der Waals surface area contributed by atoms with Crippen molar-refractivity contribution in [2.45, 2.75) is 4.90 Å². The average molecular weight is 493 g/mol. The number of ether oxygens (including phenoxy) is 1. The van der Waals surface area contributed by atoms with Crippen LogP contribution in [0.15, 0.2) is 70.0 Å². The van der Waals surface area contributed by atoms with E-state index in [1.165, 1.54) is 31.4 Å². The number of hydrogen-bond acceptors (Lipinski definition) is 5. The number of carbonyl (C=O) groups is 1. The highest BCUT2D eigenvalue weighted by molar-refractivity contribution is 9.10. The van der Waals surface area contributed by atoms with E-state index in [4.69, 9.17) is 9.88 Å². The van der Waals surface area contributed by atoms with Crippen LogP contribution in [0.3, 0.4) is 0 Å². The first-order valence-electron chi connectivity index (χ1n) is 8.32. The molecule has 1 aromatic heterocycles. The molecule has 3 rings (SSSR count). The van der Waals surface area contributed by atoms with Crippen molar-refractivity contribution < 1.29 is 17.9 Å². The van der Waals surface area contributed by atoms with E-state index in [2.05, 4.69) is 21.2 Å². The summed E-state index contributed by atoms with van der Waals surface area (Å²) in [5.41, 5.74) is 1.31. The van der Waals surface area contributed by atoms with E-state index < -0.39 is 15.9 Å². The number of nitrogens with two attached hydrogens (primary N) is 1. The Kier molecular flexibility index (Phi) is 6.53. The molecule has 150 valence electrons. The van der Waals surface area contributed by atoms with Gasteiger partial charge in [0.05, 0.1) is 17.7 Å². The van der Waals surface area contributed by atoms with Gasteiger partial charge in [-0.05, 0) is 54.1 Å². The molecule has 0 saturated carbocycles. The summed E-state index contributed by atoms with van der Waals surface area (Å²) in [4.78, 5) is 14.2. The first-order valence-corrected chi connectivity index (χ1v) is 11.5. The minimum atomic E-state index is -3.89. The van der Waals surface area contributed by atoms with Crippen LogP contribution in [0.4, 0.5) is 5.69 Å². The fraction of sp³-hybridized carbons (Fsp3) is 0.0500. The van der Waals surface area contributed by atoms with Crippen LogP contribution in [0, 0.1) is 0 Å². The lowest BCUT2D eigenvalue weighted by atomic mass is 10.2. The molecule has 0 radical (unpaired) electrons. The Labute approximate surface area is 181 Å². The number of anilines is 1. The van der Waals surface area contributed by atoms with Gasteiger partial charge in [-0.25, -0.2) is 13.6 Å². The molecule has 0 aliphatic heterocycles. The lowest BCUT2D eigenvalue weighted by Crippen LogP contribution is -2.14. The van der Waals surface area contributed by atoms with E-state index in [0.717, 1.165) is 19.8 Å². The topological polar surface area (TPSA) is 98.5 Å². The Morgan fingerprint density at radius 1 is 1.14 bits per heavy atom. The zero-order valence-corrected chi connectivity index (χ0v) is 18.5. The molecular formula is C20H17BrN2O4S2. The number of halogens is 1. The zero-order valence-electron chi connectivity index (χ0n) is 15.3. The van der Waals surface area contributed by atoms with Gasteiger partial charge in [0.25, 0.3) is 0 Å². The average Bonchev–Trinajstić information content (AvgIpc) is 3.15. The Balaban J connectivity index is 1.74. The predicted octanol–water partition coefficient (Wildman–Crippen LogP) is 4.49. The van der Waals surface area contributed by atoms with Crippen molar-refractivity contribution in [3.05, 3.63) is 70.0 Å². The van der Waals surface area contributed by atoms with Gasteiger partial charge in [-0.15, -0.1) is 11.3 Å². The minimum Gasteiger partial charge on any atom is -0.495 e. The van der Waals surface area contributed by atoms with Crippen LogP contribution in [-0.2, 0) is 14.8 Å². The van der Waals surface area contributed by atoms with E-state index in [1.54, 1.807) is 17.4 Å².